The monoisotopic (exact) mass is 479 g/mol. The predicted molar refractivity (Wildman–Crippen MR) is 124 cm³/mol. The summed E-state index contributed by atoms with van der Waals surface area (Å²) >= 11 is 12.0. The number of nitrogens with one attached hydrogen (secondary N) is 2. The van der Waals surface area contributed by atoms with E-state index in [1.165, 1.54) is 36.4 Å². The lowest BCUT2D eigenvalue weighted by Gasteiger charge is -2.11. The van der Waals surface area contributed by atoms with Gasteiger partial charge in [0.15, 0.2) is 0 Å². The van der Waals surface area contributed by atoms with Crippen LogP contribution in [0, 0.1) is 0 Å². The molecule has 0 saturated heterocycles. The molecular weight excluding hydrogens is 461 g/mol. The first-order chi connectivity index (χ1) is 14.7. The summed E-state index contributed by atoms with van der Waals surface area (Å²) in [4.78, 5) is 12.5. The molecule has 0 radical (unpaired) electrons. The van der Waals surface area contributed by atoms with E-state index in [4.69, 9.17) is 33.7 Å². The average Bonchev–Trinajstić information content (AvgIpc) is 2.73. The highest BCUT2D eigenvalue weighted by atomic mass is 35.5. The molecule has 0 aliphatic carbocycles. The van der Waals surface area contributed by atoms with Crippen LogP contribution in [0.3, 0.4) is 0 Å². The maximum Gasteiger partial charge on any atom is 0.261 e. The molecule has 162 valence electrons. The molecule has 1 amide bonds. The molecule has 4 N–H and O–H groups in total. The Balaban J connectivity index is 1.79. The zero-order valence-corrected chi connectivity index (χ0v) is 18.7. The lowest BCUT2D eigenvalue weighted by molar-refractivity contribution is 0.102. The number of halogens is 2. The van der Waals surface area contributed by atoms with Crippen molar-refractivity contribution >= 4 is 56.2 Å². The van der Waals surface area contributed by atoms with E-state index < -0.39 is 15.9 Å². The van der Waals surface area contributed by atoms with E-state index in [0.717, 1.165) is 0 Å². The normalized spacial score (nSPS) is 11.1. The molecule has 0 saturated carbocycles. The molecule has 7 nitrogen and oxygen atoms in total. The number of carbonyl (C=O) groups is 1. The first-order valence-corrected chi connectivity index (χ1v) is 11.3. The summed E-state index contributed by atoms with van der Waals surface area (Å²) in [7, 11) is -3.92. The quantitative estimate of drug-likeness (QED) is 0.411. The van der Waals surface area contributed by atoms with Gasteiger partial charge in [0.25, 0.3) is 15.9 Å². The molecule has 0 aliphatic heterocycles. The number of hydrogen-bond donors (Lipinski definition) is 3. The Morgan fingerprint density at radius 2 is 1.65 bits per heavy atom. The van der Waals surface area contributed by atoms with Gasteiger partial charge in [-0.15, -0.1) is 0 Å². The van der Waals surface area contributed by atoms with Gasteiger partial charge in [0.2, 0.25) is 0 Å². The number of hydrogen-bond acceptors (Lipinski definition) is 5. The van der Waals surface area contributed by atoms with Crippen molar-refractivity contribution in [2.24, 2.45) is 0 Å². The summed E-state index contributed by atoms with van der Waals surface area (Å²) in [5, 5.41) is 3.01. The Morgan fingerprint density at radius 1 is 1.00 bits per heavy atom. The molecule has 31 heavy (non-hydrogen) atoms. The van der Waals surface area contributed by atoms with Gasteiger partial charge in [-0.25, -0.2) is 8.42 Å². The molecule has 3 aromatic rings. The molecule has 0 aliphatic rings. The fourth-order valence-corrected chi connectivity index (χ4v) is 4.26. The summed E-state index contributed by atoms with van der Waals surface area (Å²) in [5.41, 5.74) is 6.72. The zero-order valence-electron chi connectivity index (χ0n) is 16.4. The molecule has 0 spiro atoms. The Bertz CT molecular complexity index is 1190. The van der Waals surface area contributed by atoms with Gasteiger partial charge in [-0.05, 0) is 61.5 Å². The highest BCUT2D eigenvalue weighted by molar-refractivity contribution is 7.92. The van der Waals surface area contributed by atoms with E-state index in [0.29, 0.717) is 23.7 Å². The highest BCUT2D eigenvalue weighted by Gasteiger charge is 2.17. The van der Waals surface area contributed by atoms with Crippen LogP contribution in [-0.2, 0) is 10.0 Å². The van der Waals surface area contributed by atoms with Gasteiger partial charge in [-0.1, -0.05) is 29.3 Å². The number of sulfonamides is 1. The van der Waals surface area contributed by atoms with Crippen molar-refractivity contribution in [3.63, 3.8) is 0 Å². The number of carbonyl (C=O) groups excluding carboxylic acids is 1. The number of rotatable bonds is 7. The average molecular weight is 480 g/mol. The summed E-state index contributed by atoms with van der Waals surface area (Å²) in [6, 6.07) is 15.0. The van der Waals surface area contributed by atoms with Crippen molar-refractivity contribution in [2.75, 3.05) is 22.4 Å². The van der Waals surface area contributed by atoms with Crippen molar-refractivity contribution < 1.29 is 17.9 Å². The van der Waals surface area contributed by atoms with Crippen LogP contribution in [0.15, 0.2) is 65.6 Å². The van der Waals surface area contributed by atoms with Crippen molar-refractivity contribution in [1.82, 2.24) is 0 Å². The lowest BCUT2D eigenvalue weighted by Crippen LogP contribution is -2.16. The van der Waals surface area contributed by atoms with Crippen LogP contribution in [0.2, 0.25) is 10.0 Å². The Kier molecular flexibility index (Phi) is 6.94. The van der Waals surface area contributed by atoms with Gasteiger partial charge in [-0.3, -0.25) is 9.52 Å². The van der Waals surface area contributed by atoms with Gasteiger partial charge in [0, 0.05) is 16.9 Å². The first kappa shape index (κ1) is 22.7. The van der Waals surface area contributed by atoms with E-state index in [1.54, 1.807) is 24.3 Å². The Labute approximate surface area is 190 Å². The maximum absolute atomic E-state index is 12.7. The Hall–Kier alpha value is -2.94. The molecule has 0 bridgehead atoms. The zero-order chi connectivity index (χ0) is 22.6. The van der Waals surface area contributed by atoms with Crippen molar-refractivity contribution in [3.8, 4) is 5.75 Å². The van der Waals surface area contributed by atoms with Crippen LogP contribution < -0.4 is 20.5 Å². The number of amides is 1. The largest absolute Gasteiger partial charge is 0.494 e. The maximum atomic E-state index is 12.7. The molecule has 3 rings (SSSR count). The SMILES string of the molecule is CCOc1ccc(NS(=O)(=O)c2cccc(C(=O)Nc3cc(Cl)c(N)c(Cl)c3)c2)cc1. The number of anilines is 3. The number of benzene rings is 3. The lowest BCUT2D eigenvalue weighted by atomic mass is 10.2. The van der Waals surface area contributed by atoms with Crippen LogP contribution in [-0.4, -0.2) is 20.9 Å². The second kappa shape index (κ2) is 9.47. The van der Waals surface area contributed by atoms with E-state index in [-0.39, 0.29) is 26.2 Å². The van der Waals surface area contributed by atoms with E-state index in [2.05, 4.69) is 10.0 Å². The summed E-state index contributed by atoms with van der Waals surface area (Å²) < 4.78 is 33.3. The molecular formula is C21H19Cl2N3O4S. The van der Waals surface area contributed by atoms with Gasteiger partial charge in [0.05, 0.1) is 27.2 Å². The Morgan fingerprint density at radius 3 is 2.26 bits per heavy atom. The minimum absolute atomic E-state index is 0.0672. The fraction of sp³-hybridized carbons (Fsp3) is 0.0952. The van der Waals surface area contributed by atoms with Gasteiger partial charge < -0.3 is 15.8 Å². The third-order valence-corrected chi connectivity index (χ3v) is 6.17. The first-order valence-electron chi connectivity index (χ1n) is 9.11. The van der Waals surface area contributed by atoms with Crippen LogP contribution >= 0.6 is 23.2 Å². The molecule has 0 heterocycles. The van der Waals surface area contributed by atoms with Gasteiger partial charge in [-0.2, -0.15) is 0 Å². The third kappa shape index (κ3) is 5.61. The van der Waals surface area contributed by atoms with E-state index in [1.807, 2.05) is 6.92 Å². The molecule has 10 heteroatoms. The van der Waals surface area contributed by atoms with Crippen LogP contribution in [0.25, 0.3) is 0 Å². The van der Waals surface area contributed by atoms with Gasteiger partial charge >= 0.3 is 0 Å². The molecule has 0 fully saturated rings. The van der Waals surface area contributed by atoms with Crippen LogP contribution in [0.4, 0.5) is 17.1 Å². The number of nitrogens with two attached hydrogens (primary N) is 1. The van der Waals surface area contributed by atoms with Crippen molar-refractivity contribution in [1.29, 1.82) is 0 Å². The minimum atomic E-state index is -3.92. The summed E-state index contributed by atoms with van der Waals surface area (Å²) in [5.74, 6) is 0.0991. The predicted octanol–water partition coefficient (Wildman–Crippen LogP) is 5.03. The number of nitrogen functional groups attached to an aromatic ring is 1. The van der Waals surface area contributed by atoms with E-state index >= 15 is 0 Å². The summed E-state index contributed by atoms with van der Waals surface area (Å²) in [6.07, 6.45) is 0. The molecule has 3 aromatic carbocycles. The minimum Gasteiger partial charge on any atom is -0.494 e. The topological polar surface area (TPSA) is 111 Å². The fourth-order valence-electron chi connectivity index (χ4n) is 2.66. The molecule has 0 unspecified atom stereocenters. The third-order valence-electron chi connectivity index (χ3n) is 4.16. The summed E-state index contributed by atoms with van der Waals surface area (Å²) in [6.45, 7) is 2.37. The van der Waals surface area contributed by atoms with Crippen LogP contribution in [0.5, 0.6) is 5.75 Å². The molecule has 0 atom stereocenters. The van der Waals surface area contributed by atoms with Crippen LogP contribution in [0.1, 0.15) is 17.3 Å². The second-order valence-corrected chi connectivity index (χ2v) is 8.90. The van der Waals surface area contributed by atoms with Gasteiger partial charge in [0.1, 0.15) is 5.75 Å². The van der Waals surface area contributed by atoms with Crippen molar-refractivity contribution in [2.45, 2.75) is 11.8 Å². The number of ether oxygens (including phenoxy) is 1. The molecule has 0 aromatic heterocycles. The smallest absolute Gasteiger partial charge is 0.261 e. The highest BCUT2D eigenvalue weighted by Crippen LogP contribution is 2.31. The second-order valence-electron chi connectivity index (χ2n) is 6.40. The van der Waals surface area contributed by atoms with Crippen molar-refractivity contribution in [3.05, 3.63) is 76.3 Å². The standard InChI is InChI=1S/C21H19Cl2N3O4S/c1-2-30-16-8-6-14(7-9-16)26-31(28,29)17-5-3-4-13(10-17)21(27)25-15-11-18(22)20(24)19(23)12-15/h3-12,26H,2,24H2,1H3,(H,25,27). The van der Waals surface area contributed by atoms with E-state index in [9.17, 15) is 13.2 Å².